The van der Waals surface area contributed by atoms with Gasteiger partial charge in [0, 0.05) is 11.2 Å². The van der Waals surface area contributed by atoms with Crippen molar-refractivity contribution < 1.29 is 14.3 Å². The number of nitrogens with zero attached hydrogens (tertiary/aromatic N) is 1. The van der Waals surface area contributed by atoms with Crippen LogP contribution < -0.4 is 10.1 Å². The number of hydrogen-bond donors (Lipinski definition) is 1. The molecule has 0 aliphatic carbocycles. The summed E-state index contributed by atoms with van der Waals surface area (Å²) >= 11 is 0. The first kappa shape index (κ1) is 20.3. The molecule has 0 aliphatic rings. The van der Waals surface area contributed by atoms with Gasteiger partial charge in [0.2, 0.25) is 0 Å². The Bertz CT molecular complexity index is 484. The Morgan fingerprint density at radius 2 is 1.79 bits per heavy atom. The highest BCUT2D eigenvalue weighted by atomic mass is 16.5. The van der Waals surface area contributed by atoms with Crippen LogP contribution in [0.15, 0.2) is 24.3 Å². The number of carbonyl (C=O) groups is 1. The molecule has 0 atom stereocenters. The zero-order chi connectivity index (χ0) is 18.0. The molecule has 0 aliphatic heterocycles. The van der Waals surface area contributed by atoms with E-state index in [4.69, 9.17) is 9.47 Å². The molecule has 0 fully saturated rings. The third kappa shape index (κ3) is 7.68. The summed E-state index contributed by atoms with van der Waals surface area (Å²) in [4.78, 5) is 13.9. The van der Waals surface area contributed by atoms with Crippen LogP contribution in [-0.4, -0.2) is 43.8 Å². The fourth-order valence-electron chi connectivity index (χ4n) is 1.88. The largest absolute Gasteiger partial charge is 0.494 e. The highest BCUT2D eigenvalue weighted by Crippen LogP contribution is 2.17. The molecule has 0 heterocycles. The van der Waals surface area contributed by atoms with Crippen LogP contribution in [0.25, 0.3) is 0 Å². The number of ether oxygens (including phenoxy) is 2. The van der Waals surface area contributed by atoms with E-state index in [0.29, 0.717) is 12.3 Å². The van der Waals surface area contributed by atoms with E-state index in [1.54, 1.807) is 0 Å². The number of hydrogen-bond acceptors (Lipinski definition) is 4. The minimum absolute atomic E-state index is 0.202. The third-order valence-electron chi connectivity index (χ3n) is 4.13. The van der Waals surface area contributed by atoms with Crippen molar-refractivity contribution in [2.45, 2.75) is 52.0 Å². The molecular formula is C19H32N2O3. The van der Waals surface area contributed by atoms with Crippen molar-refractivity contribution in [3.05, 3.63) is 24.3 Å². The molecule has 1 N–H and O–H groups in total. The van der Waals surface area contributed by atoms with Crippen LogP contribution in [0, 0.1) is 0 Å². The van der Waals surface area contributed by atoms with E-state index in [2.05, 4.69) is 12.2 Å². The Hall–Kier alpha value is -1.75. The van der Waals surface area contributed by atoms with Crippen LogP contribution in [0.4, 0.5) is 10.5 Å². The summed E-state index contributed by atoms with van der Waals surface area (Å²) < 4.78 is 11.0. The predicted octanol–water partition coefficient (Wildman–Crippen LogP) is 4.53. The van der Waals surface area contributed by atoms with Gasteiger partial charge in [0.05, 0.1) is 6.61 Å². The molecular weight excluding hydrogens is 304 g/mol. The lowest BCUT2D eigenvalue weighted by molar-refractivity contribution is 0.0775. The average Bonchev–Trinajstić information content (AvgIpc) is 2.54. The number of likely N-dealkylation sites (N-methyl/N-ethyl adjacent to an activating group) is 1. The average molecular weight is 336 g/mol. The maximum absolute atomic E-state index is 11.9. The van der Waals surface area contributed by atoms with Gasteiger partial charge in [-0.05, 0) is 58.6 Å². The summed E-state index contributed by atoms with van der Waals surface area (Å²) in [5.74, 6) is 0.819. The van der Waals surface area contributed by atoms with Gasteiger partial charge >= 0.3 is 6.09 Å². The van der Waals surface area contributed by atoms with E-state index in [9.17, 15) is 4.79 Å². The van der Waals surface area contributed by atoms with E-state index in [0.717, 1.165) is 18.8 Å². The predicted molar refractivity (Wildman–Crippen MR) is 98.8 cm³/mol. The van der Waals surface area contributed by atoms with Crippen LogP contribution in [0.3, 0.4) is 0 Å². The van der Waals surface area contributed by atoms with Gasteiger partial charge in [-0.15, -0.1) is 0 Å². The van der Waals surface area contributed by atoms with Gasteiger partial charge in [0.1, 0.15) is 12.4 Å². The summed E-state index contributed by atoms with van der Waals surface area (Å²) in [5, 5.41) is 2.73. The first-order valence-electron chi connectivity index (χ1n) is 8.69. The van der Waals surface area contributed by atoms with Crippen molar-refractivity contribution in [1.29, 1.82) is 0 Å². The Balaban J connectivity index is 2.34. The van der Waals surface area contributed by atoms with E-state index in [1.807, 2.05) is 57.1 Å². The van der Waals surface area contributed by atoms with Gasteiger partial charge in [-0.25, -0.2) is 4.79 Å². The fraction of sp³-hybridized carbons (Fsp3) is 0.632. The molecule has 5 nitrogen and oxygen atoms in total. The topological polar surface area (TPSA) is 50.8 Å². The summed E-state index contributed by atoms with van der Waals surface area (Å²) in [6.45, 7) is 7.29. The molecule has 0 aromatic heterocycles. The zero-order valence-electron chi connectivity index (χ0n) is 15.7. The lowest BCUT2D eigenvalue weighted by Gasteiger charge is -2.31. The number of unbranched alkanes of at least 4 members (excludes halogenated alkanes) is 3. The fourth-order valence-corrected chi connectivity index (χ4v) is 1.88. The monoisotopic (exact) mass is 336 g/mol. The second-order valence-corrected chi connectivity index (χ2v) is 6.84. The van der Waals surface area contributed by atoms with Gasteiger partial charge in [-0.3, -0.25) is 5.32 Å². The van der Waals surface area contributed by atoms with Crippen LogP contribution >= 0.6 is 0 Å². The van der Waals surface area contributed by atoms with Gasteiger partial charge in [-0.1, -0.05) is 26.2 Å². The molecule has 1 aromatic carbocycles. The lowest BCUT2D eigenvalue weighted by atomic mass is 10.1. The quantitative estimate of drug-likeness (QED) is 0.638. The summed E-state index contributed by atoms with van der Waals surface area (Å²) in [6, 6.07) is 7.36. The summed E-state index contributed by atoms with van der Waals surface area (Å²) in [5.41, 5.74) is 0.494. The highest BCUT2D eigenvalue weighted by Gasteiger charge is 2.22. The van der Waals surface area contributed by atoms with E-state index in [1.165, 1.54) is 19.3 Å². The van der Waals surface area contributed by atoms with Gasteiger partial charge in [0.25, 0.3) is 0 Å². The number of amides is 1. The van der Waals surface area contributed by atoms with Crippen molar-refractivity contribution in [2.75, 3.05) is 32.6 Å². The Morgan fingerprint density at radius 3 is 2.38 bits per heavy atom. The molecule has 0 saturated carbocycles. The molecule has 0 unspecified atom stereocenters. The Morgan fingerprint density at radius 1 is 1.12 bits per heavy atom. The van der Waals surface area contributed by atoms with Crippen LogP contribution in [0.5, 0.6) is 5.75 Å². The molecule has 1 amide bonds. The van der Waals surface area contributed by atoms with Crippen molar-refractivity contribution in [1.82, 2.24) is 4.90 Å². The number of nitrogens with one attached hydrogen (secondary N) is 1. The normalized spacial score (nSPS) is 11.4. The van der Waals surface area contributed by atoms with Crippen LogP contribution in [0.2, 0.25) is 0 Å². The number of anilines is 1. The first-order valence-corrected chi connectivity index (χ1v) is 8.69. The van der Waals surface area contributed by atoms with Crippen molar-refractivity contribution in [3.8, 4) is 5.75 Å². The molecule has 5 heteroatoms. The Kier molecular flexibility index (Phi) is 8.61. The van der Waals surface area contributed by atoms with E-state index >= 15 is 0 Å². The van der Waals surface area contributed by atoms with Crippen molar-refractivity contribution in [3.63, 3.8) is 0 Å². The second-order valence-electron chi connectivity index (χ2n) is 6.84. The summed E-state index contributed by atoms with van der Waals surface area (Å²) in [7, 11) is 3.92. The first-order chi connectivity index (χ1) is 11.3. The molecule has 136 valence electrons. The van der Waals surface area contributed by atoms with Gasteiger partial charge < -0.3 is 14.4 Å². The van der Waals surface area contributed by atoms with E-state index in [-0.39, 0.29) is 5.54 Å². The zero-order valence-corrected chi connectivity index (χ0v) is 15.7. The molecule has 0 spiro atoms. The number of rotatable bonds is 10. The molecule has 1 rings (SSSR count). The highest BCUT2D eigenvalue weighted by molar-refractivity contribution is 5.84. The Labute approximate surface area is 146 Å². The molecule has 0 saturated heterocycles. The minimum atomic E-state index is -0.446. The third-order valence-corrected chi connectivity index (χ3v) is 4.13. The number of benzene rings is 1. The second kappa shape index (κ2) is 10.2. The molecule has 0 radical (unpaired) electrons. The minimum Gasteiger partial charge on any atom is -0.494 e. The van der Waals surface area contributed by atoms with Gasteiger partial charge in [-0.2, -0.15) is 0 Å². The number of carbonyl (C=O) groups excluding carboxylic acids is 1. The van der Waals surface area contributed by atoms with Crippen LogP contribution in [-0.2, 0) is 4.74 Å². The smallest absolute Gasteiger partial charge is 0.411 e. The lowest BCUT2D eigenvalue weighted by Crippen LogP contribution is -2.43. The van der Waals surface area contributed by atoms with Crippen molar-refractivity contribution >= 4 is 11.8 Å². The van der Waals surface area contributed by atoms with Crippen LogP contribution in [0.1, 0.15) is 46.5 Å². The van der Waals surface area contributed by atoms with E-state index < -0.39 is 6.09 Å². The SMILES string of the molecule is CCCCCCOc1ccc(NC(=O)OCC(C)(C)N(C)C)cc1. The van der Waals surface area contributed by atoms with Crippen molar-refractivity contribution in [2.24, 2.45) is 0 Å². The van der Waals surface area contributed by atoms with Gasteiger partial charge in [0.15, 0.2) is 0 Å². The maximum Gasteiger partial charge on any atom is 0.411 e. The molecule has 0 bridgehead atoms. The summed E-state index contributed by atoms with van der Waals surface area (Å²) in [6.07, 6.45) is 4.30. The molecule has 1 aromatic rings. The molecule has 24 heavy (non-hydrogen) atoms. The standard InChI is InChI=1S/C19H32N2O3/c1-6-7-8-9-14-23-17-12-10-16(11-13-17)20-18(22)24-15-19(2,3)21(4)5/h10-13H,6-9,14-15H2,1-5H3,(H,20,22). The maximum atomic E-state index is 11.9.